The zero-order chi connectivity index (χ0) is 42.3. The van der Waals surface area contributed by atoms with E-state index in [1.165, 1.54) is 167 Å². The Morgan fingerprint density at radius 1 is 0.328 bits per heavy atom. The van der Waals surface area contributed by atoms with Crippen molar-refractivity contribution in [3.8, 4) is 0 Å². The lowest BCUT2D eigenvalue weighted by Crippen LogP contribution is -2.30. The topological polar surface area (TPSA) is 78.9 Å². The predicted molar refractivity (Wildman–Crippen MR) is 247 cm³/mol. The lowest BCUT2D eigenvalue weighted by Gasteiger charge is -2.18. The summed E-state index contributed by atoms with van der Waals surface area (Å²) in [5, 5.41) is 0. The van der Waals surface area contributed by atoms with Crippen LogP contribution in [-0.2, 0) is 28.6 Å². The molecule has 0 fully saturated rings. The summed E-state index contributed by atoms with van der Waals surface area (Å²) in [6, 6.07) is 0. The summed E-state index contributed by atoms with van der Waals surface area (Å²) < 4.78 is 16.6. The molecule has 0 spiro atoms. The Bertz CT molecular complexity index is 900. The van der Waals surface area contributed by atoms with Gasteiger partial charge in [-0.2, -0.15) is 0 Å². The molecule has 1 unspecified atom stereocenters. The van der Waals surface area contributed by atoms with Gasteiger partial charge in [-0.1, -0.05) is 238 Å². The van der Waals surface area contributed by atoms with Gasteiger partial charge in [-0.15, -0.1) is 0 Å². The predicted octanol–water partition coefficient (Wildman–Crippen LogP) is 16.6. The molecule has 0 rings (SSSR count). The molecule has 0 saturated heterocycles. The average molecular weight is 819 g/mol. The van der Waals surface area contributed by atoms with Gasteiger partial charge in [0.15, 0.2) is 6.10 Å². The summed E-state index contributed by atoms with van der Waals surface area (Å²) in [6.07, 6.45) is 52.5. The molecule has 6 heteroatoms. The molecule has 0 aromatic carbocycles. The molecule has 0 amide bonds. The fraction of sp³-hybridized carbons (Fsp3) is 0.904. The number of ether oxygens (including phenoxy) is 3. The van der Waals surface area contributed by atoms with Crippen molar-refractivity contribution in [2.75, 3.05) is 13.2 Å². The molecule has 0 heterocycles. The van der Waals surface area contributed by atoms with Crippen LogP contribution in [-0.4, -0.2) is 37.2 Å². The lowest BCUT2D eigenvalue weighted by atomic mass is 10.0. The molecule has 0 aromatic rings. The molecule has 6 nitrogen and oxygen atoms in total. The van der Waals surface area contributed by atoms with Gasteiger partial charge in [-0.05, 0) is 38.5 Å². The summed E-state index contributed by atoms with van der Waals surface area (Å²) in [7, 11) is 0. The monoisotopic (exact) mass is 819 g/mol. The van der Waals surface area contributed by atoms with Gasteiger partial charge >= 0.3 is 17.9 Å². The first-order valence-electron chi connectivity index (χ1n) is 25.7. The van der Waals surface area contributed by atoms with Crippen molar-refractivity contribution < 1.29 is 28.6 Å². The van der Waals surface area contributed by atoms with Gasteiger partial charge in [0.05, 0.1) is 0 Å². The van der Waals surface area contributed by atoms with Crippen LogP contribution in [0.15, 0.2) is 12.2 Å². The highest BCUT2D eigenvalue weighted by molar-refractivity contribution is 5.71. The minimum absolute atomic E-state index is 0.0696. The van der Waals surface area contributed by atoms with E-state index in [1.54, 1.807) is 0 Å². The van der Waals surface area contributed by atoms with Crippen LogP contribution in [0.4, 0.5) is 0 Å². The maximum absolute atomic E-state index is 12.7. The molecule has 58 heavy (non-hydrogen) atoms. The SMILES string of the molecule is CCC/C=C\CCCCCCCC(=O)OC(COC(=O)CCCCCCCC)COC(=O)CCCCCCCCCCCCCCCCCCCCCCCCCC. The minimum Gasteiger partial charge on any atom is -0.462 e. The quantitative estimate of drug-likeness (QED) is 0.0263. The Hall–Kier alpha value is -1.85. The third-order valence-electron chi connectivity index (χ3n) is 11.5. The highest BCUT2D eigenvalue weighted by Gasteiger charge is 2.19. The third-order valence-corrected chi connectivity index (χ3v) is 11.5. The van der Waals surface area contributed by atoms with E-state index < -0.39 is 6.10 Å². The molecule has 0 aliphatic carbocycles. The molecule has 0 aliphatic rings. The maximum Gasteiger partial charge on any atom is 0.306 e. The van der Waals surface area contributed by atoms with Gasteiger partial charge in [0.25, 0.3) is 0 Å². The molecule has 0 aliphatic heterocycles. The number of hydrogen-bond acceptors (Lipinski definition) is 6. The van der Waals surface area contributed by atoms with Crippen molar-refractivity contribution >= 4 is 17.9 Å². The largest absolute Gasteiger partial charge is 0.462 e. The van der Waals surface area contributed by atoms with Crippen LogP contribution in [0.3, 0.4) is 0 Å². The number of esters is 3. The van der Waals surface area contributed by atoms with Crippen LogP contribution in [0.2, 0.25) is 0 Å². The molecular weight excluding hydrogens is 721 g/mol. The van der Waals surface area contributed by atoms with Crippen LogP contribution >= 0.6 is 0 Å². The highest BCUT2D eigenvalue weighted by atomic mass is 16.6. The number of unbranched alkanes of at least 4 members (excludes halogenated alkanes) is 34. The number of hydrogen-bond donors (Lipinski definition) is 0. The summed E-state index contributed by atoms with van der Waals surface area (Å²) in [4.78, 5) is 37.6. The van der Waals surface area contributed by atoms with Gasteiger partial charge in [0.1, 0.15) is 13.2 Å². The second kappa shape index (κ2) is 47.8. The standard InChI is InChI=1S/C52H98O6/c1-4-7-10-13-16-18-20-21-22-23-24-25-26-27-28-29-30-31-32-33-35-36-39-42-45-51(54)57-48-49(47-56-50(53)44-41-38-15-12-9-6-3)58-52(55)46-43-40-37-34-19-17-14-11-8-5-2/h11,14,49H,4-10,12-13,15-48H2,1-3H3/b14-11-. The smallest absolute Gasteiger partial charge is 0.306 e. The van der Waals surface area contributed by atoms with Crippen molar-refractivity contribution in [3.63, 3.8) is 0 Å². The number of rotatable bonds is 47. The summed E-state index contributed by atoms with van der Waals surface area (Å²) in [6.45, 7) is 6.54. The van der Waals surface area contributed by atoms with Gasteiger partial charge < -0.3 is 14.2 Å². The summed E-state index contributed by atoms with van der Waals surface area (Å²) in [5.41, 5.74) is 0. The van der Waals surface area contributed by atoms with Crippen molar-refractivity contribution in [2.24, 2.45) is 0 Å². The Balaban J connectivity index is 4.00. The molecule has 0 saturated carbocycles. The van der Waals surface area contributed by atoms with E-state index in [1.807, 2.05) is 0 Å². The van der Waals surface area contributed by atoms with Crippen molar-refractivity contribution in [2.45, 2.75) is 290 Å². The molecular formula is C52H98O6. The molecule has 0 bridgehead atoms. The first-order chi connectivity index (χ1) is 28.5. The maximum atomic E-state index is 12.7. The van der Waals surface area contributed by atoms with Gasteiger partial charge in [0, 0.05) is 19.3 Å². The summed E-state index contributed by atoms with van der Waals surface area (Å²) in [5.74, 6) is -0.879. The van der Waals surface area contributed by atoms with Crippen molar-refractivity contribution in [1.82, 2.24) is 0 Å². The first kappa shape index (κ1) is 56.1. The van der Waals surface area contributed by atoms with Crippen molar-refractivity contribution in [1.29, 1.82) is 0 Å². The van der Waals surface area contributed by atoms with E-state index in [2.05, 4.69) is 32.9 Å². The Morgan fingerprint density at radius 3 is 0.931 bits per heavy atom. The minimum atomic E-state index is -0.765. The van der Waals surface area contributed by atoms with Gasteiger partial charge in [-0.3, -0.25) is 14.4 Å². The zero-order valence-corrected chi connectivity index (χ0v) is 39.1. The number of carbonyl (C=O) groups is 3. The number of carbonyl (C=O) groups excluding carboxylic acids is 3. The summed E-state index contributed by atoms with van der Waals surface area (Å²) >= 11 is 0. The molecule has 0 aromatic heterocycles. The molecule has 0 radical (unpaired) electrons. The molecule has 1 atom stereocenters. The Labute approximate surface area is 360 Å². The van der Waals surface area contributed by atoms with Gasteiger partial charge in [-0.25, -0.2) is 0 Å². The molecule has 342 valence electrons. The van der Waals surface area contributed by atoms with E-state index in [4.69, 9.17) is 14.2 Å². The average Bonchev–Trinajstić information content (AvgIpc) is 3.22. The number of allylic oxidation sites excluding steroid dienone is 2. The van der Waals surface area contributed by atoms with E-state index in [-0.39, 0.29) is 31.1 Å². The Morgan fingerprint density at radius 2 is 0.603 bits per heavy atom. The second-order valence-electron chi connectivity index (χ2n) is 17.4. The second-order valence-corrected chi connectivity index (χ2v) is 17.4. The van der Waals surface area contributed by atoms with Crippen LogP contribution in [0, 0.1) is 0 Å². The van der Waals surface area contributed by atoms with E-state index in [9.17, 15) is 14.4 Å². The van der Waals surface area contributed by atoms with Crippen LogP contribution < -0.4 is 0 Å². The Kier molecular flexibility index (Phi) is 46.3. The normalized spacial score (nSPS) is 12.0. The zero-order valence-electron chi connectivity index (χ0n) is 39.1. The highest BCUT2D eigenvalue weighted by Crippen LogP contribution is 2.17. The fourth-order valence-corrected chi connectivity index (χ4v) is 7.62. The van der Waals surface area contributed by atoms with E-state index in [0.29, 0.717) is 19.3 Å². The van der Waals surface area contributed by atoms with Crippen LogP contribution in [0.25, 0.3) is 0 Å². The van der Waals surface area contributed by atoms with Crippen LogP contribution in [0.5, 0.6) is 0 Å². The van der Waals surface area contributed by atoms with Crippen LogP contribution in [0.1, 0.15) is 284 Å². The van der Waals surface area contributed by atoms with E-state index >= 15 is 0 Å². The third kappa shape index (κ3) is 45.2. The lowest BCUT2D eigenvalue weighted by molar-refractivity contribution is -0.167. The van der Waals surface area contributed by atoms with Crippen molar-refractivity contribution in [3.05, 3.63) is 12.2 Å². The molecule has 0 N–H and O–H groups in total. The first-order valence-corrected chi connectivity index (χ1v) is 25.7. The fourth-order valence-electron chi connectivity index (χ4n) is 7.62. The van der Waals surface area contributed by atoms with E-state index in [0.717, 1.165) is 77.0 Å². The van der Waals surface area contributed by atoms with Gasteiger partial charge in [0.2, 0.25) is 0 Å².